The van der Waals surface area contributed by atoms with Crippen molar-refractivity contribution in [3.8, 4) is 21.8 Å². The lowest BCUT2D eigenvalue weighted by Crippen LogP contribution is -2.29. The van der Waals surface area contributed by atoms with Gasteiger partial charge in [0.2, 0.25) is 0 Å². The Kier molecular flexibility index (Phi) is 4.78. The van der Waals surface area contributed by atoms with E-state index in [0.717, 1.165) is 16.1 Å². The normalized spacial score (nSPS) is 11.4. The van der Waals surface area contributed by atoms with Gasteiger partial charge in [-0.05, 0) is 24.3 Å². The molecule has 0 spiro atoms. The van der Waals surface area contributed by atoms with Crippen LogP contribution in [0.4, 0.5) is 18.9 Å². The van der Waals surface area contributed by atoms with E-state index in [0.29, 0.717) is 10.7 Å². The van der Waals surface area contributed by atoms with Crippen LogP contribution in [0.25, 0.3) is 21.8 Å². The third-order valence-corrected chi connectivity index (χ3v) is 4.43. The molecule has 1 N–H and O–H groups in total. The summed E-state index contributed by atoms with van der Waals surface area (Å²) in [5, 5.41) is 5.10. The van der Waals surface area contributed by atoms with E-state index in [1.807, 2.05) is 17.5 Å². The van der Waals surface area contributed by atoms with Crippen molar-refractivity contribution in [2.45, 2.75) is 6.18 Å². The summed E-state index contributed by atoms with van der Waals surface area (Å²) >= 11 is 7.31. The molecule has 0 atom stereocenters. The highest BCUT2D eigenvalue weighted by Gasteiger charge is 2.38. The molecule has 1 heterocycles. The molecular formula is C17H10ClF3N2OS. The molecule has 1 aromatic heterocycles. The van der Waals surface area contributed by atoms with Gasteiger partial charge < -0.3 is 5.32 Å². The average Bonchev–Trinajstić information content (AvgIpc) is 3.05. The van der Waals surface area contributed by atoms with Crippen LogP contribution in [0.2, 0.25) is 5.02 Å². The Bertz CT molecular complexity index is 890. The van der Waals surface area contributed by atoms with Gasteiger partial charge in [-0.3, -0.25) is 4.79 Å². The maximum Gasteiger partial charge on any atom is 0.471 e. The van der Waals surface area contributed by atoms with Crippen molar-refractivity contribution >= 4 is 34.5 Å². The van der Waals surface area contributed by atoms with E-state index in [1.165, 1.54) is 23.5 Å². The Morgan fingerprint density at radius 3 is 2.20 bits per heavy atom. The smallest absolute Gasteiger partial charge is 0.318 e. The summed E-state index contributed by atoms with van der Waals surface area (Å²) in [6, 6.07) is 13.3. The monoisotopic (exact) mass is 382 g/mol. The van der Waals surface area contributed by atoms with Crippen molar-refractivity contribution in [3.05, 3.63) is 58.9 Å². The molecule has 8 heteroatoms. The number of anilines is 1. The van der Waals surface area contributed by atoms with E-state index in [-0.39, 0.29) is 5.69 Å². The zero-order chi connectivity index (χ0) is 18.0. The molecule has 1 amide bonds. The molecule has 3 nitrogen and oxygen atoms in total. The Balaban J connectivity index is 1.77. The number of halogens is 4. The standard InChI is InChI=1S/C17H10ClF3N2OS/c18-12-5-1-11(2-6-12)15-23-14(9-25-15)10-3-7-13(8-4-10)22-16(24)17(19,20)21/h1-9H,(H,22,24). The van der Waals surface area contributed by atoms with E-state index in [2.05, 4.69) is 4.98 Å². The summed E-state index contributed by atoms with van der Waals surface area (Å²) in [4.78, 5) is 15.4. The molecule has 0 bridgehead atoms. The van der Waals surface area contributed by atoms with E-state index in [1.54, 1.807) is 29.6 Å². The van der Waals surface area contributed by atoms with E-state index in [9.17, 15) is 18.0 Å². The molecule has 0 saturated carbocycles. The van der Waals surface area contributed by atoms with Crippen molar-refractivity contribution < 1.29 is 18.0 Å². The minimum Gasteiger partial charge on any atom is -0.318 e. The van der Waals surface area contributed by atoms with Gasteiger partial charge in [0.05, 0.1) is 5.69 Å². The number of hydrogen-bond acceptors (Lipinski definition) is 3. The second kappa shape index (κ2) is 6.85. The second-order valence-corrected chi connectivity index (χ2v) is 6.37. The summed E-state index contributed by atoms with van der Waals surface area (Å²) in [5.41, 5.74) is 2.43. The molecule has 3 aromatic rings. The number of nitrogens with one attached hydrogen (secondary N) is 1. The predicted octanol–water partition coefficient (Wildman–Crippen LogP) is 5.63. The first kappa shape index (κ1) is 17.4. The number of hydrogen-bond donors (Lipinski definition) is 1. The summed E-state index contributed by atoms with van der Waals surface area (Å²) in [5.74, 6) is -2.00. The van der Waals surface area contributed by atoms with Gasteiger partial charge in [-0.15, -0.1) is 11.3 Å². The topological polar surface area (TPSA) is 42.0 Å². The van der Waals surface area contributed by atoms with Gasteiger partial charge in [0.15, 0.2) is 0 Å². The van der Waals surface area contributed by atoms with E-state index in [4.69, 9.17) is 11.6 Å². The lowest BCUT2D eigenvalue weighted by molar-refractivity contribution is -0.167. The fourth-order valence-corrected chi connectivity index (χ4v) is 3.02. The van der Waals surface area contributed by atoms with Crippen LogP contribution in [0, 0.1) is 0 Å². The minimum absolute atomic E-state index is 0.0687. The quantitative estimate of drug-likeness (QED) is 0.637. The molecule has 0 fully saturated rings. The summed E-state index contributed by atoms with van der Waals surface area (Å²) in [7, 11) is 0. The van der Waals surface area contributed by atoms with Gasteiger partial charge >= 0.3 is 12.1 Å². The van der Waals surface area contributed by atoms with Gasteiger partial charge in [-0.1, -0.05) is 35.9 Å². The lowest BCUT2D eigenvalue weighted by atomic mass is 10.1. The molecule has 0 unspecified atom stereocenters. The van der Waals surface area contributed by atoms with Crippen LogP contribution in [0.1, 0.15) is 0 Å². The number of benzene rings is 2. The van der Waals surface area contributed by atoms with Crippen molar-refractivity contribution in [3.63, 3.8) is 0 Å². The third-order valence-electron chi connectivity index (χ3n) is 3.29. The van der Waals surface area contributed by atoms with E-state index < -0.39 is 12.1 Å². The molecule has 0 saturated heterocycles. The number of aromatic nitrogens is 1. The van der Waals surface area contributed by atoms with Crippen LogP contribution in [0.5, 0.6) is 0 Å². The van der Waals surface area contributed by atoms with Crippen molar-refractivity contribution in [2.24, 2.45) is 0 Å². The first-order valence-corrected chi connectivity index (χ1v) is 8.29. The Morgan fingerprint density at radius 2 is 1.60 bits per heavy atom. The zero-order valence-electron chi connectivity index (χ0n) is 12.5. The predicted molar refractivity (Wildman–Crippen MR) is 92.7 cm³/mol. The number of rotatable bonds is 3. The average molecular weight is 383 g/mol. The van der Waals surface area contributed by atoms with Crippen LogP contribution in [-0.4, -0.2) is 17.1 Å². The van der Waals surface area contributed by atoms with Crippen molar-refractivity contribution in [2.75, 3.05) is 5.32 Å². The molecule has 0 aliphatic rings. The van der Waals surface area contributed by atoms with Gasteiger partial charge in [0.25, 0.3) is 0 Å². The van der Waals surface area contributed by atoms with Crippen LogP contribution in [0.3, 0.4) is 0 Å². The maximum absolute atomic E-state index is 12.2. The first-order valence-electron chi connectivity index (χ1n) is 7.03. The lowest BCUT2D eigenvalue weighted by Gasteiger charge is -2.08. The van der Waals surface area contributed by atoms with Crippen LogP contribution < -0.4 is 5.32 Å². The molecule has 0 aliphatic heterocycles. The molecule has 0 radical (unpaired) electrons. The van der Waals surface area contributed by atoms with E-state index >= 15 is 0 Å². The number of carbonyl (C=O) groups excluding carboxylic acids is 1. The molecule has 128 valence electrons. The summed E-state index contributed by atoms with van der Waals surface area (Å²) in [6.07, 6.45) is -4.92. The zero-order valence-corrected chi connectivity index (χ0v) is 14.0. The van der Waals surface area contributed by atoms with Crippen LogP contribution >= 0.6 is 22.9 Å². The van der Waals surface area contributed by atoms with Gasteiger partial charge in [-0.2, -0.15) is 13.2 Å². The first-order chi connectivity index (χ1) is 11.8. The van der Waals surface area contributed by atoms with Crippen LogP contribution in [0.15, 0.2) is 53.9 Å². The number of thiazole rings is 1. The number of amides is 1. The Hall–Kier alpha value is -2.38. The third kappa shape index (κ3) is 4.18. The molecular weight excluding hydrogens is 373 g/mol. The number of nitrogens with zero attached hydrogens (tertiary/aromatic N) is 1. The van der Waals surface area contributed by atoms with Gasteiger partial charge in [0.1, 0.15) is 5.01 Å². The fraction of sp³-hybridized carbons (Fsp3) is 0.0588. The van der Waals surface area contributed by atoms with Crippen molar-refractivity contribution in [1.82, 2.24) is 4.98 Å². The van der Waals surface area contributed by atoms with Crippen LogP contribution in [-0.2, 0) is 4.79 Å². The largest absolute Gasteiger partial charge is 0.471 e. The molecule has 25 heavy (non-hydrogen) atoms. The van der Waals surface area contributed by atoms with Gasteiger partial charge in [-0.25, -0.2) is 4.98 Å². The number of carbonyl (C=O) groups is 1. The van der Waals surface area contributed by atoms with Gasteiger partial charge in [0, 0.05) is 27.2 Å². The Labute approximate surface area is 150 Å². The van der Waals surface area contributed by atoms with Crippen molar-refractivity contribution in [1.29, 1.82) is 0 Å². The second-order valence-electron chi connectivity index (χ2n) is 5.07. The maximum atomic E-state index is 12.2. The highest BCUT2D eigenvalue weighted by atomic mass is 35.5. The minimum atomic E-state index is -4.92. The number of alkyl halides is 3. The Morgan fingerprint density at radius 1 is 1.00 bits per heavy atom. The highest BCUT2D eigenvalue weighted by Crippen LogP contribution is 2.30. The highest BCUT2D eigenvalue weighted by molar-refractivity contribution is 7.13. The molecule has 2 aromatic carbocycles. The summed E-state index contributed by atoms with van der Waals surface area (Å²) in [6.45, 7) is 0. The molecule has 3 rings (SSSR count). The molecule has 0 aliphatic carbocycles. The SMILES string of the molecule is O=C(Nc1ccc(-c2csc(-c3ccc(Cl)cc3)n2)cc1)C(F)(F)F. The summed E-state index contributed by atoms with van der Waals surface area (Å²) < 4.78 is 36.7. The fourth-order valence-electron chi connectivity index (χ4n) is 2.06.